The normalized spacial score (nSPS) is 12.6. The van der Waals surface area contributed by atoms with Gasteiger partial charge in [-0.15, -0.1) is 0 Å². The van der Waals surface area contributed by atoms with E-state index >= 15 is 0 Å². The molecule has 1 unspecified atom stereocenters. The van der Waals surface area contributed by atoms with E-state index in [0.717, 1.165) is 24.8 Å². The minimum atomic E-state index is -0.523. The predicted molar refractivity (Wildman–Crippen MR) is 78.7 cm³/mol. The van der Waals surface area contributed by atoms with Crippen LogP contribution in [0, 0.1) is 12.7 Å². The molecule has 0 saturated heterocycles. The lowest BCUT2D eigenvalue weighted by molar-refractivity contribution is 0.163. The third kappa shape index (κ3) is 6.72. The van der Waals surface area contributed by atoms with Crippen LogP contribution in [-0.2, 0) is 0 Å². The van der Waals surface area contributed by atoms with Gasteiger partial charge in [0.05, 0.1) is 6.10 Å². The molecule has 1 nitrogen and oxygen atoms in total. The van der Waals surface area contributed by atoms with Gasteiger partial charge in [-0.05, 0) is 36.6 Å². The third-order valence-electron chi connectivity index (χ3n) is 3.53. The summed E-state index contributed by atoms with van der Waals surface area (Å²) in [6.45, 7) is 4.07. The Morgan fingerprint density at radius 2 is 1.63 bits per heavy atom. The highest BCUT2D eigenvalue weighted by atomic mass is 19.1. The second-order valence-electron chi connectivity index (χ2n) is 5.49. The summed E-state index contributed by atoms with van der Waals surface area (Å²) in [7, 11) is 0. The molecule has 1 N–H and O–H groups in total. The minimum Gasteiger partial charge on any atom is -0.388 e. The van der Waals surface area contributed by atoms with Gasteiger partial charge >= 0.3 is 0 Å². The molecule has 1 aromatic rings. The summed E-state index contributed by atoms with van der Waals surface area (Å²) in [5.41, 5.74) is 1.58. The van der Waals surface area contributed by atoms with Crippen molar-refractivity contribution in [2.45, 2.75) is 71.3 Å². The zero-order valence-corrected chi connectivity index (χ0v) is 12.3. The molecule has 0 amide bonds. The van der Waals surface area contributed by atoms with E-state index in [1.165, 1.54) is 44.2 Å². The first-order valence-corrected chi connectivity index (χ1v) is 7.58. The van der Waals surface area contributed by atoms with Crippen LogP contribution in [0.4, 0.5) is 4.39 Å². The smallest absolute Gasteiger partial charge is 0.123 e. The van der Waals surface area contributed by atoms with Gasteiger partial charge in [0.1, 0.15) is 5.82 Å². The van der Waals surface area contributed by atoms with Crippen LogP contribution in [0.5, 0.6) is 0 Å². The maximum Gasteiger partial charge on any atom is 0.123 e. The summed E-state index contributed by atoms with van der Waals surface area (Å²) < 4.78 is 13.2. The molecule has 0 aliphatic rings. The van der Waals surface area contributed by atoms with E-state index < -0.39 is 6.10 Å². The zero-order valence-electron chi connectivity index (χ0n) is 12.3. The molecule has 0 aromatic heterocycles. The van der Waals surface area contributed by atoms with Crippen LogP contribution in [0.3, 0.4) is 0 Å². The largest absolute Gasteiger partial charge is 0.388 e. The Hall–Kier alpha value is -0.890. The maximum absolute atomic E-state index is 13.2. The molecule has 0 spiro atoms. The number of hydrogen-bond acceptors (Lipinski definition) is 1. The van der Waals surface area contributed by atoms with Crippen molar-refractivity contribution in [3.05, 3.63) is 35.1 Å². The molecular formula is C17H27FO. The highest BCUT2D eigenvalue weighted by Crippen LogP contribution is 2.22. The van der Waals surface area contributed by atoms with Crippen molar-refractivity contribution in [2.75, 3.05) is 0 Å². The summed E-state index contributed by atoms with van der Waals surface area (Å²) in [4.78, 5) is 0. The lowest BCUT2D eigenvalue weighted by atomic mass is 10.0. The van der Waals surface area contributed by atoms with Gasteiger partial charge in [0.2, 0.25) is 0 Å². The molecule has 0 radical (unpaired) electrons. The SMILES string of the molecule is CCCCCCCCCC(O)c1cc(C)cc(F)c1. The average Bonchev–Trinajstić information content (AvgIpc) is 2.36. The van der Waals surface area contributed by atoms with E-state index in [1.54, 1.807) is 0 Å². The Morgan fingerprint density at radius 1 is 1.00 bits per heavy atom. The van der Waals surface area contributed by atoms with Crippen LogP contribution in [0.15, 0.2) is 18.2 Å². The monoisotopic (exact) mass is 266 g/mol. The van der Waals surface area contributed by atoms with Crippen molar-refractivity contribution in [1.29, 1.82) is 0 Å². The third-order valence-corrected chi connectivity index (χ3v) is 3.53. The van der Waals surface area contributed by atoms with E-state index in [1.807, 2.05) is 13.0 Å². The Kier molecular flexibility index (Phi) is 7.73. The lowest BCUT2D eigenvalue weighted by Crippen LogP contribution is -1.99. The van der Waals surface area contributed by atoms with E-state index in [9.17, 15) is 9.50 Å². The van der Waals surface area contributed by atoms with Crippen LogP contribution in [-0.4, -0.2) is 5.11 Å². The van der Waals surface area contributed by atoms with Crippen LogP contribution >= 0.6 is 0 Å². The van der Waals surface area contributed by atoms with E-state index in [-0.39, 0.29) is 5.82 Å². The summed E-state index contributed by atoms with van der Waals surface area (Å²) in [6.07, 6.45) is 8.85. The number of aliphatic hydroxyl groups is 1. The van der Waals surface area contributed by atoms with Gasteiger partial charge in [-0.2, -0.15) is 0 Å². The van der Waals surface area contributed by atoms with Gasteiger partial charge in [-0.3, -0.25) is 0 Å². The standard InChI is InChI=1S/C17H27FO/c1-3-4-5-6-7-8-9-10-17(19)15-11-14(2)12-16(18)13-15/h11-13,17,19H,3-10H2,1-2H3. The van der Waals surface area contributed by atoms with Crippen LogP contribution in [0.2, 0.25) is 0 Å². The van der Waals surface area contributed by atoms with Crippen molar-refractivity contribution in [3.8, 4) is 0 Å². The Morgan fingerprint density at radius 3 is 2.26 bits per heavy atom. The molecule has 0 bridgehead atoms. The number of aliphatic hydroxyl groups excluding tert-OH is 1. The molecule has 0 aliphatic heterocycles. The Bertz CT molecular complexity index is 342. The molecule has 1 rings (SSSR count). The lowest BCUT2D eigenvalue weighted by Gasteiger charge is -2.12. The van der Waals surface area contributed by atoms with Crippen molar-refractivity contribution in [2.24, 2.45) is 0 Å². The van der Waals surface area contributed by atoms with Crippen LogP contribution in [0.25, 0.3) is 0 Å². The fourth-order valence-electron chi connectivity index (χ4n) is 2.42. The second-order valence-corrected chi connectivity index (χ2v) is 5.49. The summed E-state index contributed by atoms with van der Waals surface area (Å²) >= 11 is 0. The number of aryl methyl sites for hydroxylation is 1. The molecule has 1 atom stereocenters. The maximum atomic E-state index is 13.2. The molecular weight excluding hydrogens is 239 g/mol. The van der Waals surface area contributed by atoms with Crippen molar-refractivity contribution >= 4 is 0 Å². The average molecular weight is 266 g/mol. The van der Waals surface area contributed by atoms with Gasteiger partial charge in [0, 0.05) is 0 Å². The number of rotatable bonds is 9. The molecule has 1 aromatic carbocycles. The van der Waals surface area contributed by atoms with E-state index in [0.29, 0.717) is 5.56 Å². The van der Waals surface area contributed by atoms with Gasteiger partial charge in [0.25, 0.3) is 0 Å². The zero-order chi connectivity index (χ0) is 14.1. The van der Waals surface area contributed by atoms with Crippen LogP contribution in [0.1, 0.15) is 75.5 Å². The van der Waals surface area contributed by atoms with E-state index in [4.69, 9.17) is 0 Å². The first-order chi connectivity index (χ1) is 9.13. The van der Waals surface area contributed by atoms with Crippen molar-refractivity contribution in [3.63, 3.8) is 0 Å². The predicted octanol–water partition coefficient (Wildman–Crippen LogP) is 5.31. The highest BCUT2D eigenvalue weighted by Gasteiger charge is 2.09. The fourth-order valence-corrected chi connectivity index (χ4v) is 2.42. The summed E-state index contributed by atoms with van der Waals surface area (Å²) in [6, 6.07) is 4.80. The highest BCUT2D eigenvalue weighted by molar-refractivity contribution is 5.25. The first-order valence-electron chi connectivity index (χ1n) is 7.58. The summed E-state index contributed by atoms with van der Waals surface area (Å²) in [5, 5.41) is 10.0. The first kappa shape index (κ1) is 16.2. The van der Waals surface area contributed by atoms with Crippen molar-refractivity contribution < 1.29 is 9.50 Å². The number of hydrogen-bond donors (Lipinski definition) is 1. The van der Waals surface area contributed by atoms with Gasteiger partial charge in [0.15, 0.2) is 0 Å². The number of benzene rings is 1. The fraction of sp³-hybridized carbons (Fsp3) is 0.647. The van der Waals surface area contributed by atoms with E-state index in [2.05, 4.69) is 6.92 Å². The topological polar surface area (TPSA) is 20.2 Å². The molecule has 0 aliphatic carbocycles. The van der Waals surface area contributed by atoms with Gasteiger partial charge in [-0.25, -0.2) is 4.39 Å². The summed E-state index contributed by atoms with van der Waals surface area (Å²) in [5.74, 6) is -0.256. The molecule has 2 heteroatoms. The molecule has 0 fully saturated rings. The molecule has 0 saturated carbocycles. The van der Waals surface area contributed by atoms with Crippen LogP contribution < -0.4 is 0 Å². The van der Waals surface area contributed by atoms with Gasteiger partial charge in [-0.1, -0.05) is 57.9 Å². The Labute approximate surface area is 116 Å². The molecule has 0 heterocycles. The molecule has 108 valence electrons. The molecule has 19 heavy (non-hydrogen) atoms. The second kappa shape index (κ2) is 9.08. The number of unbranched alkanes of at least 4 members (excludes halogenated alkanes) is 6. The van der Waals surface area contributed by atoms with Gasteiger partial charge < -0.3 is 5.11 Å². The quantitative estimate of drug-likeness (QED) is 0.601. The minimum absolute atomic E-state index is 0.256. The van der Waals surface area contributed by atoms with Crippen molar-refractivity contribution in [1.82, 2.24) is 0 Å². The Balaban J connectivity index is 2.22. The number of halogens is 1.